The smallest absolute Gasteiger partial charge is 0.387 e. The van der Waals surface area contributed by atoms with Gasteiger partial charge in [0, 0.05) is 22.7 Å². The molecular formula is C20H14F2N4O2. The van der Waals surface area contributed by atoms with Crippen molar-refractivity contribution in [3.05, 3.63) is 72.3 Å². The van der Waals surface area contributed by atoms with Gasteiger partial charge in [0.1, 0.15) is 12.3 Å². The first-order valence-electron chi connectivity index (χ1n) is 8.43. The average Bonchev–Trinajstić information content (AvgIpc) is 3.04. The van der Waals surface area contributed by atoms with Gasteiger partial charge in [-0.1, -0.05) is 24.3 Å². The standard InChI is InChI=1S/C20H14F2N4O2/c1-23-18-12-25(14-6-8-15(9-7-14)28-19(21)22)20(27)26(18)17-11-24-10-13-4-2-3-5-16(13)17/h2-11,18-19H,12H2/t18-/m0/s1. The molecule has 0 unspecified atom stereocenters. The van der Waals surface area contributed by atoms with E-state index in [0.29, 0.717) is 11.4 Å². The molecule has 2 amide bonds. The Morgan fingerprint density at radius 3 is 2.61 bits per heavy atom. The molecule has 0 saturated carbocycles. The molecule has 2 heterocycles. The van der Waals surface area contributed by atoms with Gasteiger partial charge in [-0.05, 0) is 24.3 Å². The maximum absolute atomic E-state index is 13.1. The highest BCUT2D eigenvalue weighted by molar-refractivity contribution is 6.11. The van der Waals surface area contributed by atoms with Crippen molar-refractivity contribution in [3.63, 3.8) is 0 Å². The van der Waals surface area contributed by atoms with Gasteiger partial charge in [-0.2, -0.15) is 8.78 Å². The van der Waals surface area contributed by atoms with Crippen molar-refractivity contribution in [1.82, 2.24) is 4.98 Å². The minimum absolute atomic E-state index is 0.00207. The summed E-state index contributed by atoms with van der Waals surface area (Å²) in [6.45, 7) is 4.76. The van der Waals surface area contributed by atoms with E-state index in [1.165, 1.54) is 34.1 Å². The number of halogens is 2. The van der Waals surface area contributed by atoms with Gasteiger partial charge >= 0.3 is 18.8 Å². The number of urea groups is 1. The zero-order valence-electron chi connectivity index (χ0n) is 14.5. The number of carbonyl (C=O) groups is 1. The lowest BCUT2D eigenvalue weighted by molar-refractivity contribution is -0.0498. The molecule has 0 bridgehead atoms. The van der Waals surface area contributed by atoms with Crippen molar-refractivity contribution in [2.45, 2.75) is 12.8 Å². The number of hydrogen-bond donors (Lipinski definition) is 0. The maximum atomic E-state index is 13.1. The first kappa shape index (κ1) is 17.7. The molecule has 28 heavy (non-hydrogen) atoms. The number of nitrogens with zero attached hydrogens (tertiary/aromatic N) is 4. The summed E-state index contributed by atoms with van der Waals surface area (Å²) < 4.78 is 29.0. The minimum Gasteiger partial charge on any atom is -0.435 e. The first-order chi connectivity index (χ1) is 13.6. The van der Waals surface area contributed by atoms with Crippen molar-refractivity contribution < 1.29 is 18.3 Å². The van der Waals surface area contributed by atoms with Crippen LogP contribution < -0.4 is 14.5 Å². The quantitative estimate of drug-likeness (QED) is 0.625. The van der Waals surface area contributed by atoms with Gasteiger partial charge in [-0.25, -0.2) is 16.3 Å². The number of hydrogen-bond acceptors (Lipinski definition) is 3. The molecule has 0 aliphatic carbocycles. The van der Waals surface area contributed by atoms with Crippen LogP contribution in [-0.2, 0) is 0 Å². The number of anilines is 2. The van der Waals surface area contributed by atoms with E-state index in [9.17, 15) is 13.6 Å². The SMILES string of the molecule is [C-]#[N+][C@@H]1CN(c2ccc(OC(F)F)cc2)C(=O)N1c1cncc2ccccc12. The Bertz CT molecular complexity index is 1060. The molecule has 1 saturated heterocycles. The molecule has 140 valence electrons. The third kappa shape index (κ3) is 3.07. The van der Waals surface area contributed by atoms with Gasteiger partial charge in [0.25, 0.3) is 0 Å². The zero-order chi connectivity index (χ0) is 19.7. The average molecular weight is 380 g/mol. The summed E-state index contributed by atoms with van der Waals surface area (Å²) >= 11 is 0. The monoisotopic (exact) mass is 380 g/mol. The minimum atomic E-state index is -2.92. The summed E-state index contributed by atoms with van der Waals surface area (Å²) in [7, 11) is 0. The highest BCUT2D eigenvalue weighted by Gasteiger charge is 2.44. The molecule has 4 rings (SSSR count). The number of rotatable bonds is 4. The number of alkyl halides is 2. The molecule has 0 radical (unpaired) electrons. The Hall–Kier alpha value is -3.73. The van der Waals surface area contributed by atoms with Crippen LogP contribution in [0.25, 0.3) is 15.6 Å². The molecule has 8 heteroatoms. The van der Waals surface area contributed by atoms with E-state index in [1.54, 1.807) is 12.4 Å². The molecule has 1 aliphatic rings. The molecule has 3 aromatic rings. The van der Waals surface area contributed by atoms with Crippen LogP contribution >= 0.6 is 0 Å². The molecule has 0 N–H and O–H groups in total. The fraction of sp³-hybridized carbons (Fsp3) is 0.150. The molecule has 6 nitrogen and oxygen atoms in total. The highest BCUT2D eigenvalue weighted by atomic mass is 19.3. The molecule has 2 aromatic carbocycles. The predicted octanol–water partition coefficient (Wildman–Crippen LogP) is 4.53. The molecule has 1 fully saturated rings. The normalized spacial score (nSPS) is 16.6. The summed E-state index contributed by atoms with van der Waals surface area (Å²) in [5.74, 6) is 0.00207. The first-order valence-corrected chi connectivity index (χ1v) is 8.43. The number of pyridine rings is 1. The second-order valence-electron chi connectivity index (χ2n) is 6.13. The van der Waals surface area contributed by atoms with Crippen molar-refractivity contribution in [2.75, 3.05) is 16.3 Å². The second-order valence-corrected chi connectivity index (χ2v) is 6.13. The van der Waals surface area contributed by atoms with Crippen LogP contribution in [0.2, 0.25) is 0 Å². The third-order valence-electron chi connectivity index (χ3n) is 4.51. The van der Waals surface area contributed by atoms with Crippen molar-refractivity contribution in [1.29, 1.82) is 0 Å². The van der Waals surface area contributed by atoms with Gasteiger partial charge in [0.05, 0.1) is 11.9 Å². The van der Waals surface area contributed by atoms with E-state index in [1.807, 2.05) is 24.3 Å². The van der Waals surface area contributed by atoms with E-state index in [-0.39, 0.29) is 18.3 Å². The summed E-state index contributed by atoms with van der Waals surface area (Å²) in [4.78, 5) is 23.8. The van der Waals surface area contributed by atoms with Crippen LogP contribution in [0.15, 0.2) is 60.9 Å². The largest absolute Gasteiger partial charge is 0.435 e. The number of benzene rings is 2. The topological polar surface area (TPSA) is 50.0 Å². The molecule has 1 aromatic heterocycles. The lowest BCUT2D eigenvalue weighted by Gasteiger charge is -2.19. The van der Waals surface area contributed by atoms with Crippen LogP contribution in [0.1, 0.15) is 0 Å². The number of aromatic nitrogens is 1. The van der Waals surface area contributed by atoms with Gasteiger partial charge in [0.15, 0.2) is 0 Å². The summed E-state index contributed by atoms with van der Waals surface area (Å²) in [5.41, 5.74) is 1.06. The predicted molar refractivity (Wildman–Crippen MR) is 100 cm³/mol. The molecule has 1 aliphatic heterocycles. The number of carbonyl (C=O) groups excluding carboxylic acids is 1. The van der Waals surface area contributed by atoms with E-state index in [2.05, 4.69) is 14.6 Å². The van der Waals surface area contributed by atoms with Crippen LogP contribution in [0.3, 0.4) is 0 Å². The molecular weight excluding hydrogens is 366 g/mol. The Balaban J connectivity index is 1.69. The fourth-order valence-corrected chi connectivity index (χ4v) is 3.26. The van der Waals surface area contributed by atoms with E-state index in [4.69, 9.17) is 6.57 Å². The lowest BCUT2D eigenvalue weighted by Crippen LogP contribution is -2.34. The fourth-order valence-electron chi connectivity index (χ4n) is 3.26. The molecule has 1 atom stereocenters. The second kappa shape index (κ2) is 7.12. The number of ether oxygens (including phenoxy) is 1. The summed E-state index contributed by atoms with van der Waals surface area (Å²) in [6.07, 6.45) is 2.55. The van der Waals surface area contributed by atoms with Crippen LogP contribution in [0.4, 0.5) is 25.0 Å². The van der Waals surface area contributed by atoms with Gasteiger partial charge < -0.3 is 4.74 Å². The summed E-state index contributed by atoms with van der Waals surface area (Å²) in [6, 6.07) is 12.9. The van der Waals surface area contributed by atoms with Crippen LogP contribution in [0, 0.1) is 6.57 Å². The van der Waals surface area contributed by atoms with Gasteiger partial charge in [0.2, 0.25) is 0 Å². The Kier molecular flexibility index (Phi) is 4.49. The highest BCUT2D eigenvalue weighted by Crippen LogP contribution is 2.34. The Labute approximate surface area is 159 Å². The van der Waals surface area contributed by atoms with E-state index < -0.39 is 12.8 Å². The number of amides is 2. The summed E-state index contributed by atoms with van der Waals surface area (Å²) in [5, 5.41) is 1.69. The third-order valence-corrected chi connectivity index (χ3v) is 4.51. The zero-order valence-corrected chi connectivity index (χ0v) is 14.5. The van der Waals surface area contributed by atoms with Crippen LogP contribution in [0.5, 0.6) is 5.75 Å². The molecule has 0 spiro atoms. The Morgan fingerprint density at radius 2 is 1.89 bits per heavy atom. The van der Waals surface area contributed by atoms with Crippen molar-refractivity contribution in [2.24, 2.45) is 0 Å². The Morgan fingerprint density at radius 1 is 1.14 bits per heavy atom. The van der Waals surface area contributed by atoms with E-state index >= 15 is 0 Å². The van der Waals surface area contributed by atoms with Crippen LogP contribution in [-0.4, -0.2) is 30.3 Å². The van der Waals surface area contributed by atoms with E-state index in [0.717, 1.165) is 10.8 Å². The van der Waals surface area contributed by atoms with Gasteiger partial charge in [-0.3, -0.25) is 14.7 Å². The lowest BCUT2D eigenvalue weighted by atomic mass is 10.1. The van der Waals surface area contributed by atoms with Crippen molar-refractivity contribution >= 4 is 28.2 Å². The van der Waals surface area contributed by atoms with Gasteiger partial charge in [-0.15, -0.1) is 0 Å². The number of fused-ring (bicyclic) bond motifs is 1. The van der Waals surface area contributed by atoms with Crippen molar-refractivity contribution in [3.8, 4) is 5.75 Å². The maximum Gasteiger partial charge on any atom is 0.387 e.